The normalized spacial score (nSPS) is 17.0. The van der Waals surface area contributed by atoms with Crippen LogP contribution in [0.5, 0.6) is 5.75 Å². The molecular formula is C15H15ClN2O. The molecule has 1 aliphatic rings. The molecule has 98 valence electrons. The number of hydrogen-bond donors (Lipinski definition) is 1. The second-order valence-corrected chi connectivity index (χ2v) is 5.12. The van der Waals surface area contributed by atoms with Crippen molar-refractivity contribution in [2.75, 3.05) is 6.54 Å². The smallest absolute Gasteiger partial charge is 0.123 e. The highest BCUT2D eigenvalue weighted by atomic mass is 35.5. The van der Waals surface area contributed by atoms with Crippen LogP contribution in [0.3, 0.4) is 0 Å². The summed E-state index contributed by atoms with van der Waals surface area (Å²) in [6.07, 6.45) is 4.72. The molecule has 0 saturated carbocycles. The second kappa shape index (κ2) is 5.59. The maximum atomic E-state index is 5.98. The van der Waals surface area contributed by atoms with Gasteiger partial charge in [-0.3, -0.25) is 4.98 Å². The Morgan fingerprint density at radius 2 is 2.11 bits per heavy atom. The van der Waals surface area contributed by atoms with Crippen molar-refractivity contribution in [2.24, 2.45) is 0 Å². The minimum absolute atomic E-state index is 0.190. The van der Waals surface area contributed by atoms with Crippen LogP contribution in [-0.2, 0) is 13.0 Å². The molecule has 2 aromatic rings. The third-order valence-electron chi connectivity index (χ3n) is 3.21. The number of nitrogens with zero attached hydrogens (tertiary/aromatic N) is 1. The summed E-state index contributed by atoms with van der Waals surface area (Å²) in [6, 6.07) is 9.82. The molecule has 4 heteroatoms. The molecule has 1 aromatic heterocycles. The zero-order valence-electron chi connectivity index (χ0n) is 10.5. The van der Waals surface area contributed by atoms with E-state index in [0.29, 0.717) is 0 Å². The molecule has 0 amide bonds. The fourth-order valence-electron chi connectivity index (χ4n) is 2.28. The van der Waals surface area contributed by atoms with Gasteiger partial charge < -0.3 is 10.1 Å². The lowest BCUT2D eigenvalue weighted by atomic mass is 10.1. The van der Waals surface area contributed by atoms with E-state index in [0.717, 1.165) is 30.3 Å². The first-order chi connectivity index (χ1) is 9.31. The average Bonchev–Trinajstić information content (AvgIpc) is 2.82. The summed E-state index contributed by atoms with van der Waals surface area (Å²) in [4.78, 5) is 4.00. The monoisotopic (exact) mass is 274 g/mol. The van der Waals surface area contributed by atoms with Gasteiger partial charge in [0, 0.05) is 36.9 Å². The van der Waals surface area contributed by atoms with Gasteiger partial charge in [0.15, 0.2) is 0 Å². The van der Waals surface area contributed by atoms with Crippen molar-refractivity contribution in [1.29, 1.82) is 0 Å². The molecule has 19 heavy (non-hydrogen) atoms. The highest BCUT2D eigenvalue weighted by Gasteiger charge is 2.22. The van der Waals surface area contributed by atoms with E-state index in [2.05, 4.69) is 10.3 Å². The molecular weight excluding hydrogens is 260 g/mol. The Hall–Kier alpha value is -1.58. The van der Waals surface area contributed by atoms with Gasteiger partial charge in [-0.25, -0.2) is 0 Å². The van der Waals surface area contributed by atoms with Crippen LogP contribution in [0.25, 0.3) is 0 Å². The Morgan fingerprint density at radius 3 is 2.95 bits per heavy atom. The van der Waals surface area contributed by atoms with Crippen LogP contribution in [0.2, 0.25) is 5.02 Å². The van der Waals surface area contributed by atoms with Gasteiger partial charge in [-0.15, -0.1) is 0 Å². The zero-order chi connectivity index (χ0) is 13.1. The molecule has 0 spiro atoms. The van der Waals surface area contributed by atoms with E-state index in [9.17, 15) is 0 Å². The van der Waals surface area contributed by atoms with E-state index >= 15 is 0 Å². The first-order valence-corrected chi connectivity index (χ1v) is 6.74. The molecule has 1 aliphatic heterocycles. The van der Waals surface area contributed by atoms with E-state index in [1.165, 1.54) is 11.1 Å². The summed E-state index contributed by atoms with van der Waals surface area (Å²) in [7, 11) is 0. The third-order valence-corrected chi connectivity index (χ3v) is 3.45. The number of fused-ring (bicyclic) bond motifs is 1. The Balaban J connectivity index is 1.51. The zero-order valence-corrected chi connectivity index (χ0v) is 11.2. The number of rotatable bonds is 4. The molecule has 1 N–H and O–H groups in total. The minimum atomic E-state index is 0.190. The standard InChI is InChI=1S/C15H15ClN2O/c16-13-1-2-15-12(7-13)8-14(19-15)10-18-9-11-3-5-17-6-4-11/h1-7,14,18H,8-10H2. The number of nitrogens with one attached hydrogen (secondary N) is 1. The summed E-state index contributed by atoms with van der Waals surface area (Å²) in [5.41, 5.74) is 2.43. The average molecular weight is 275 g/mol. The molecule has 0 aliphatic carbocycles. The van der Waals surface area contributed by atoms with Crippen molar-refractivity contribution >= 4 is 11.6 Å². The number of hydrogen-bond acceptors (Lipinski definition) is 3. The van der Waals surface area contributed by atoms with Crippen molar-refractivity contribution < 1.29 is 4.74 Å². The first kappa shape index (κ1) is 12.5. The lowest BCUT2D eigenvalue weighted by Gasteiger charge is -2.11. The number of halogens is 1. The Morgan fingerprint density at radius 1 is 1.26 bits per heavy atom. The Kier molecular flexibility index (Phi) is 3.67. The van der Waals surface area contributed by atoms with Crippen LogP contribution in [-0.4, -0.2) is 17.6 Å². The van der Waals surface area contributed by atoms with Crippen LogP contribution in [0.1, 0.15) is 11.1 Å². The number of pyridine rings is 1. The van der Waals surface area contributed by atoms with Gasteiger partial charge in [-0.05, 0) is 41.5 Å². The highest BCUT2D eigenvalue weighted by Crippen LogP contribution is 2.30. The molecule has 0 radical (unpaired) electrons. The Bertz CT molecular complexity index is 559. The van der Waals surface area contributed by atoms with Gasteiger partial charge in [0.05, 0.1) is 0 Å². The predicted molar refractivity (Wildman–Crippen MR) is 75.5 cm³/mol. The lowest BCUT2D eigenvalue weighted by Crippen LogP contribution is -2.29. The number of aromatic nitrogens is 1. The van der Waals surface area contributed by atoms with Crippen molar-refractivity contribution in [2.45, 2.75) is 19.1 Å². The van der Waals surface area contributed by atoms with Crippen LogP contribution < -0.4 is 10.1 Å². The maximum absolute atomic E-state index is 5.98. The minimum Gasteiger partial charge on any atom is -0.488 e. The van der Waals surface area contributed by atoms with Gasteiger partial charge in [0.25, 0.3) is 0 Å². The molecule has 1 aromatic carbocycles. The molecule has 0 saturated heterocycles. The van der Waals surface area contributed by atoms with Crippen molar-refractivity contribution in [1.82, 2.24) is 10.3 Å². The molecule has 3 rings (SSSR count). The van der Waals surface area contributed by atoms with E-state index in [1.807, 2.05) is 30.3 Å². The number of ether oxygens (including phenoxy) is 1. The van der Waals surface area contributed by atoms with Gasteiger partial charge in [0.1, 0.15) is 11.9 Å². The summed E-state index contributed by atoms with van der Waals surface area (Å²) in [5, 5.41) is 4.18. The molecule has 1 atom stereocenters. The third kappa shape index (κ3) is 3.06. The Labute approximate surface area is 117 Å². The molecule has 0 fully saturated rings. The quantitative estimate of drug-likeness (QED) is 0.931. The van der Waals surface area contributed by atoms with Gasteiger partial charge in [0.2, 0.25) is 0 Å². The summed E-state index contributed by atoms with van der Waals surface area (Å²) < 4.78 is 5.87. The number of benzene rings is 1. The fraction of sp³-hybridized carbons (Fsp3) is 0.267. The van der Waals surface area contributed by atoms with E-state index in [4.69, 9.17) is 16.3 Å². The van der Waals surface area contributed by atoms with Crippen LogP contribution in [0.4, 0.5) is 0 Å². The molecule has 3 nitrogen and oxygen atoms in total. The molecule has 1 unspecified atom stereocenters. The summed E-state index contributed by atoms with van der Waals surface area (Å²) in [5.74, 6) is 0.958. The van der Waals surface area contributed by atoms with Gasteiger partial charge >= 0.3 is 0 Å². The van der Waals surface area contributed by atoms with Crippen LogP contribution in [0, 0.1) is 0 Å². The van der Waals surface area contributed by atoms with Gasteiger partial charge in [-0.1, -0.05) is 11.6 Å². The highest BCUT2D eigenvalue weighted by molar-refractivity contribution is 6.30. The second-order valence-electron chi connectivity index (χ2n) is 4.68. The van der Waals surface area contributed by atoms with Crippen molar-refractivity contribution in [3.63, 3.8) is 0 Å². The van der Waals surface area contributed by atoms with E-state index in [-0.39, 0.29) is 6.10 Å². The largest absolute Gasteiger partial charge is 0.488 e. The van der Waals surface area contributed by atoms with Crippen molar-refractivity contribution in [3.05, 3.63) is 58.9 Å². The summed E-state index contributed by atoms with van der Waals surface area (Å²) >= 11 is 5.98. The van der Waals surface area contributed by atoms with E-state index in [1.54, 1.807) is 12.4 Å². The molecule has 0 bridgehead atoms. The SMILES string of the molecule is Clc1ccc2c(c1)CC(CNCc1ccncc1)O2. The maximum Gasteiger partial charge on any atom is 0.123 e. The lowest BCUT2D eigenvalue weighted by molar-refractivity contribution is 0.227. The predicted octanol–water partition coefficient (Wildman–Crippen LogP) is 2.83. The molecule has 2 heterocycles. The van der Waals surface area contributed by atoms with Crippen molar-refractivity contribution in [3.8, 4) is 5.75 Å². The summed E-state index contributed by atoms with van der Waals surface area (Å²) in [6.45, 7) is 1.66. The van der Waals surface area contributed by atoms with Gasteiger partial charge in [-0.2, -0.15) is 0 Å². The fourth-order valence-corrected chi connectivity index (χ4v) is 2.48. The topological polar surface area (TPSA) is 34.2 Å². The first-order valence-electron chi connectivity index (χ1n) is 6.36. The van der Waals surface area contributed by atoms with E-state index < -0.39 is 0 Å². The van der Waals surface area contributed by atoms with Crippen LogP contribution in [0.15, 0.2) is 42.7 Å². The van der Waals surface area contributed by atoms with Crippen LogP contribution >= 0.6 is 11.6 Å².